The largest absolute Gasteiger partial charge is 0.298 e. The van der Waals surface area contributed by atoms with E-state index in [2.05, 4.69) is 0 Å². The van der Waals surface area contributed by atoms with Crippen LogP contribution in [0.25, 0.3) is 0 Å². The highest BCUT2D eigenvalue weighted by Gasteiger charge is 2.15. The molecule has 2 nitrogen and oxygen atoms in total. The van der Waals surface area contributed by atoms with Crippen LogP contribution in [-0.2, 0) is 15.6 Å². The van der Waals surface area contributed by atoms with Crippen molar-refractivity contribution in [3.63, 3.8) is 0 Å². The Morgan fingerprint density at radius 1 is 1.38 bits per heavy atom. The molecule has 0 aliphatic rings. The van der Waals surface area contributed by atoms with Gasteiger partial charge in [-0.25, -0.2) is 0 Å². The number of Topliss-reactive ketones (excluding diaryl/α,β-unsaturated/α-hetero) is 1. The third-order valence-electron chi connectivity index (χ3n) is 2.51. The molecular weight excluding hydrogens is 244 g/mol. The molecule has 0 bridgehead atoms. The Morgan fingerprint density at radius 3 is 2.44 bits per heavy atom. The maximum Gasteiger partial charge on any atom is 0.148 e. The monoisotopic (exact) mass is 258 g/mol. The minimum Gasteiger partial charge on any atom is -0.298 e. The Bertz CT molecular complexity index is 387. The van der Waals surface area contributed by atoms with Crippen LogP contribution in [0.5, 0.6) is 0 Å². The smallest absolute Gasteiger partial charge is 0.148 e. The summed E-state index contributed by atoms with van der Waals surface area (Å²) in [6.45, 7) is 3.81. The third kappa shape index (κ3) is 3.72. The number of rotatable bonds is 5. The van der Waals surface area contributed by atoms with Crippen molar-refractivity contribution in [1.82, 2.24) is 0 Å². The van der Waals surface area contributed by atoms with Gasteiger partial charge < -0.3 is 0 Å². The zero-order valence-corrected chi connectivity index (χ0v) is 11.0. The van der Waals surface area contributed by atoms with Gasteiger partial charge >= 0.3 is 0 Å². The first kappa shape index (κ1) is 13.4. The molecule has 0 aliphatic carbocycles. The predicted octanol–water partition coefficient (Wildman–Crippen LogP) is 3.06. The second-order valence-electron chi connectivity index (χ2n) is 3.72. The second kappa shape index (κ2) is 6.16. The summed E-state index contributed by atoms with van der Waals surface area (Å²) in [6.07, 6.45) is 0.788. The van der Waals surface area contributed by atoms with Crippen molar-refractivity contribution in [3.8, 4) is 0 Å². The molecule has 0 aliphatic heterocycles. The van der Waals surface area contributed by atoms with E-state index in [0.717, 1.165) is 6.42 Å². The standard InChI is InChI=1S/C12H15ClO2S/c1-3-9(2)12(14)8-16(15)11-6-4-10(13)5-7-11/h4-7,9H,3,8H2,1-2H3. The van der Waals surface area contributed by atoms with E-state index in [1.54, 1.807) is 24.3 Å². The van der Waals surface area contributed by atoms with Gasteiger partial charge in [-0.1, -0.05) is 25.4 Å². The molecule has 1 aromatic carbocycles. The fourth-order valence-corrected chi connectivity index (χ4v) is 2.44. The van der Waals surface area contributed by atoms with E-state index >= 15 is 0 Å². The van der Waals surface area contributed by atoms with E-state index in [0.29, 0.717) is 9.92 Å². The van der Waals surface area contributed by atoms with E-state index < -0.39 is 10.8 Å². The van der Waals surface area contributed by atoms with Crippen molar-refractivity contribution in [2.75, 3.05) is 5.75 Å². The second-order valence-corrected chi connectivity index (χ2v) is 5.61. The summed E-state index contributed by atoms with van der Waals surface area (Å²) in [7, 11) is -1.25. The molecule has 0 heterocycles. The first-order chi connectivity index (χ1) is 7.54. The van der Waals surface area contributed by atoms with Gasteiger partial charge in [0, 0.05) is 15.8 Å². The zero-order chi connectivity index (χ0) is 12.1. The van der Waals surface area contributed by atoms with Gasteiger partial charge in [-0.2, -0.15) is 0 Å². The minimum atomic E-state index is -1.25. The highest BCUT2D eigenvalue weighted by molar-refractivity contribution is 7.85. The molecule has 0 amide bonds. The fraction of sp³-hybridized carbons (Fsp3) is 0.417. The van der Waals surface area contributed by atoms with E-state index in [1.807, 2.05) is 13.8 Å². The summed E-state index contributed by atoms with van der Waals surface area (Å²) in [5, 5.41) is 0.606. The minimum absolute atomic E-state index is 0.0174. The lowest BCUT2D eigenvalue weighted by Gasteiger charge is -2.07. The maximum atomic E-state index is 11.8. The first-order valence-corrected chi connectivity index (χ1v) is 6.91. The summed E-state index contributed by atoms with van der Waals surface area (Å²) in [5.74, 6) is 0.128. The van der Waals surface area contributed by atoms with Crippen molar-refractivity contribution in [1.29, 1.82) is 0 Å². The molecule has 0 saturated carbocycles. The maximum absolute atomic E-state index is 11.8. The summed E-state index contributed by atoms with van der Waals surface area (Å²) >= 11 is 5.73. The van der Waals surface area contributed by atoms with Gasteiger partial charge in [0.05, 0.1) is 16.6 Å². The van der Waals surface area contributed by atoms with Crippen LogP contribution in [0.15, 0.2) is 29.2 Å². The summed E-state index contributed by atoms with van der Waals surface area (Å²) in [6, 6.07) is 6.76. The molecule has 0 radical (unpaired) electrons. The molecule has 0 aromatic heterocycles. The van der Waals surface area contributed by atoms with Gasteiger partial charge in [0.1, 0.15) is 5.78 Å². The van der Waals surface area contributed by atoms with E-state index in [-0.39, 0.29) is 17.5 Å². The molecule has 0 N–H and O–H groups in total. The van der Waals surface area contributed by atoms with Crippen molar-refractivity contribution >= 4 is 28.2 Å². The predicted molar refractivity (Wildman–Crippen MR) is 67.2 cm³/mol. The highest BCUT2D eigenvalue weighted by atomic mass is 35.5. The lowest BCUT2D eigenvalue weighted by molar-refractivity contribution is -0.119. The van der Waals surface area contributed by atoms with Crippen LogP contribution in [-0.4, -0.2) is 15.7 Å². The molecule has 1 rings (SSSR count). The number of carbonyl (C=O) groups excluding carboxylic acids is 1. The highest BCUT2D eigenvalue weighted by Crippen LogP contribution is 2.14. The van der Waals surface area contributed by atoms with Crippen LogP contribution in [0.1, 0.15) is 20.3 Å². The third-order valence-corrected chi connectivity index (χ3v) is 4.11. The van der Waals surface area contributed by atoms with E-state index in [1.165, 1.54) is 0 Å². The molecule has 0 saturated heterocycles. The van der Waals surface area contributed by atoms with Gasteiger partial charge in [-0.3, -0.25) is 9.00 Å². The molecule has 2 unspecified atom stereocenters. The fourth-order valence-electron chi connectivity index (χ4n) is 1.17. The van der Waals surface area contributed by atoms with Gasteiger partial charge in [0.15, 0.2) is 0 Å². The number of hydrogen-bond acceptors (Lipinski definition) is 2. The lowest BCUT2D eigenvalue weighted by atomic mass is 10.1. The topological polar surface area (TPSA) is 34.1 Å². The molecule has 0 fully saturated rings. The first-order valence-electron chi connectivity index (χ1n) is 5.21. The number of hydrogen-bond donors (Lipinski definition) is 0. The normalized spacial score (nSPS) is 14.4. The van der Waals surface area contributed by atoms with Crippen LogP contribution in [0, 0.1) is 5.92 Å². The Hall–Kier alpha value is -0.670. The SMILES string of the molecule is CCC(C)C(=O)CS(=O)c1ccc(Cl)cc1. The van der Waals surface area contributed by atoms with Crippen LogP contribution in [0.3, 0.4) is 0 Å². The van der Waals surface area contributed by atoms with Crippen molar-refractivity contribution in [2.45, 2.75) is 25.2 Å². The molecule has 16 heavy (non-hydrogen) atoms. The van der Waals surface area contributed by atoms with E-state index in [9.17, 15) is 9.00 Å². The number of ketones is 1. The Balaban J connectivity index is 2.66. The molecular formula is C12H15ClO2S. The molecule has 4 heteroatoms. The molecule has 1 aromatic rings. The Labute approximate surface area is 103 Å². The van der Waals surface area contributed by atoms with Crippen LogP contribution >= 0.6 is 11.6 Å². The zero-order valence-electron chi connectivity index (χ0n) is 9.40. The lowest BCUT2D eigenvalue weighted by Crippen LogP contribution is -2.17. The molecule has 88 valence electrons. The van der Waals surface area contributed by atoms with Gasteiger partial charge in [-0.15, -0.1) is 0 Å². The van der Waals surface area contributed by atoms with Gasteiger partial charge in [-0.05, 0) is 30.7 Å². The average Bonchev–Trinajstić information content (AvgIpc) is 2.28. The van der Waals surface area contributed by atoms with Gasteiger partial charge in [0.2, 0.25) is 0 Å². The van der Waals surface area contributed by atoms with E-state index in [4.69, 9.17) is 11.6 Å². The van der Waals surface area contributed by atoms with Crippen LogP contribution in [0.2, 0.25) is 5.02 Å². The van der Waals surface area contributed by atoms with Crippen LogP contribution < -0.4 is 0 Å². The molecule has 0 spiro atoms. The van der Waals surface area contributed by atoms with Gasteiger partial charge in [0.25, 0.3) is 0 Å². The summed E-state index contributed by atoms with van der Waals surface area (Å²) < 4.78 is 11.8. The molecule has 2 atom stereocenters. The van der Waals surface area contributed by atoms with Crippen LogP contribution in [0.4, 0.5) is 0 Å². The van der Waals surface area contributed by atoms with Crippen molar-refractivity contribution in [2.24, 2.45) is 5.92 Å². The van der Waals surface area contributed by atoms with Crippen molar-refractivity contribution in [3.05, 3.63) is 29.3 Å². The van der Waals surface area contributed by atoms with Crippen molar-refractivity contribution < 1.29 is 9.00 Å². The number of carbonyl (C=O) groups is 1. The Morgan fingerprint density at radius 2 is 1.94 bits per heavy atom. The quantitative estimate of drug-likeness (QED) is 0.814. The number of halogens is 1. The summed E-state index contributed by atoms with van der Waals surface area (Å²) in [5.41, 5.74) is 0. The average molecular weight is 259 g/mol. The summed E-state index contributed by atoms with van der Waals surface area (Å²) in [4.78, 5) is 12.3. The Kier molecular flexibility index (Phi) is 5.16. The number of benzene rings is 1.